The number of nitrogens with one attached hydrogen (secondary N) is 1. The number of nitrogens with two attached hydrogens (primary N) is 1. The highest BCUT2D eigenvalue weighted by molar-refractivity contribution is 9.09. The van der Waals surface area contributed by atoms with Crippen molar-refractivity contribution in [2.45, 2.75) is 6.18 Å². The van der Waals surface area contributed by atoms with E-state index in [2.05, 4.69) is 21.2 Å². The van der Waals surface area contributed by atoms with E-state index in [1.165, 1.54) is 0 Å². The Morgan fingerprint density at radius 3 is 2.17 bits per heavy atom. The number of ether oxygens (including phenoxy) is 1. The molecule has 0 aliphatic rings. The first-order valence-electron chi connectivity index (χ1n) is 4.66. The van der Waals surface area contributed by atoms with Gasteiger partial charge in [0.15, 0.2) is 0 Å². The summed E-state index contributed by atoms with van der Waals surface area (Å²) in [6, 6.07) is 0. The molecule has 0 atom stereocenters. The predicted molar refractivity (Wildman–Crippen MR) is 60.4 cm³/mol. The molecule has 0 fully saturated rings. The molecule has 0 saturated heterocycles. The molecule has 0 radical (unpaired) electrons. The molecule has 0 spiro atoms. The smallest absolute Gasteiger partial charge is 0.475 e. The van der Waals surface area contributed by atoms with Gasteiger partial charge in [0, 0.05) is 13.1 Å². The molecule has 0 aliphatic heterocycles. The van der Waals surface area contributed by atoms with Gasteiger partial charge in [-0.2, -0.15) is 13.2 Å². The molecule has 6 nitrogen and oxygen atoms in total. The maximum atomic E-state index is 10.6. The first-order chi connectivity index (χ1) is 8.25. The third-order valence-corrected chi connectivity index (χ3v) is 1.70. The third-order valence-electron chi connectivity index (χ3n) is 1.19. The van der Waals surface area contributed by atoms with Crippen LogP contribution >= 0.6 is 15.9 Å². The number of rotatable bonds is 6. The summed E-state index contributed by atoms with van der Waals surface area (Å²) in [5.74, 6) is -2.78. The van der Waals surface area contributed by atoms with Crippen LogP contribution in [-0.4, -0.2) is 54.8 Å². The van der Waals surface area contributed by atoms with Crippen LogP contribution in [-0.2, 0) is 14.3 Å². The highest BCUT2D eigenvalue weighted by atomic mass is 79.9. The zero-order chi connectivity index (χ0) is 14.6. The number of carboxylic acids is 1. The fourth-order valence-electron chi connectivity index (χ4n) is 0.495. The minimum Gasteiger partial charge on any atom is -0.475 e. The van der Waals surface area contributed by atoms with Crippen LogP contribution in [0, 0.1) is 0 Å². The molecular weight excluding hydrogens is 325 g/mol. The number of alkyl halides is 4. The van der Waals surface area contributed by atoms with Crippen LogP contribution in [0.4, 0.5) is 13.2 Å². The Hall–Kier alpha value is -0.870. The van der Waals surface area contributed by atoms with Crippen LogP contribution < -0.4 is 11.1 Å². The summed E-state index contributed by atoms with van der Waals surface area (Å²) in [6.07, 6.45) is -5.08. The Balaban J connectivity index is 0. The Morgan fingerprint density at radius 2 is 1.83 bits per heavy atom. The van der Waals surface area contributed by atoms with Crippen LogP contribution in [0.25, 0.3) is 0 Å². The molecule has 0 rings (SSSR count). The second-order valence-electron chi connectivity index (χ2n) is 2.69. The number of carbonyl (C=O) groups excluding carboxylic acids is 1. The van der Waals surface area contributed by atoms with E-state index in [9.17, 15) is 18.0 Å². The summed E-state index contributed by atoms with van der Waals surface area (Å²) in [7, 11) is 0. The minimum atomic E-state index is -5.08. The van der Waals surface area contributed by atoms with Crippen molar-refractivity contribution in [1.29, 1.82) is 0 Å². The quantitative estimate of drug-likeness (QED) is 0.471. The summed E-state index contributed by atoms with van der Waals surface area (Å²) in [6.45, 7) is 2.14. The van der Waals surface area contributed by atoms with Crippen molar-refractivity contribution in [2.24, 2.45) is 5.73 Å². The van der Waals surface area contributed by atoms with Gasteiger partial charge in [-0.15, -0.1) is 0 Å². The lowest BCUT2D eigenvalue weighted by atomic mass is 10.6. The van der Waals surface area contributed by atoms with Crippen molar-refractivity contribution in [1.82, 2.24) is 5.32 Å². The maximum Gasteiger partial charge on any atom is 0.490 e. The van der Waals surface area contributed by atoms with Crippen LogP contribution in [0.3, 0.4) is 0 Å². The summed E-state index contributed by atoms with van der Waals surface area (Å²) in [4.78, 5) is 19.5. The van der Waals surface area contributed by atoms with Gasteiger partial charge < -0.3 is 20.9 Å². The Morgan fingerprint density at radius 1 is 1.33 bits per heavy atom. The Labute approximate surface area is 110 Å². The van der Waals surface area contributed by atoms with Gasteiger partial charge in [-0.1, -0.05) is 15.9 Å². The van der Waals surface area contributed by atoms with Gasteiger partial charge in [-0.3, -0.25) is 4.79 Å². The molecule has 0 aromatic rings. The molecule has 18 heavy (non-hydrogen) atoms. The number of hydrogen-bond donors (Lipinski definition) is 3. The highest BCUT2D eigenvalue weighted by Gasteiger charge is 2.38. The van der Waals surface area contributed by atoms with Crippen LogP contribution in [0.5, 0.6) is 0 Å². The van der Waals surface area contributed by atoms with Crippen molar-refractivity contribution in [3.63, 3.8) is 0 Å². The van der Waals surface area contributed by atoms with Gasteiger partial charge in [-0.05, 0) is 0 Å². The molecular formula is C8H14BrF3N2O4. The molecule has 0 aromatic heterocycles. The molecule has 10 heteroatoms. The average Bonchev–Trinajstić information content (AvgIpc) is 2.28. The fraction of sp³-hybridized carbons (Fsp3) is 0.750. The number of halogens is 4. The lowest BCUT2D eigenvalue weighted by Crippen LogP contribution is -2.28. The first-order valence-corrected chi connectivity index (χ1v) is 5.78. The number of amides is 1. The fourth-order valence-corrected chi connectivity index (χ4v) is 0.694. The highest BCUT2D eigenvalue weighted by Crippen LogP contribution is 2.13. The van der Waals surface area contributed by atoms with E-state index in [1.54, 1.807) is 0 Å². The number of aliphatic carboxylic acids is 1. The lowest BCUT2D eigenvalue weighted by Gasteiger charge is -2.02. The Bertz CT molecular complexity index is 251. The van der Waals surface area contributed by atoms with Crippen LogP contribution in [0.15, 0.2) is 0 Å². The zero-order valence-corrected chi connectivity index (χ0v) is 10.9. The largest absolute Gasteiger partial charge is 0.490 e. The van der Waals surface area contributed by atoms with E-state index in [-0.39, 0.29) is 5.91 Å². The first kappa shape index (κ1) is 19.5. The van der Waals surface area contributed by atoms with Gasteiger partial charge in [0.1, 0.15) is 0 Å². The molecule has 0 aromatic carbocycles. The van der Waals surface area contributed by atoms with E-state index in [0.717, 1.165) is 0 Å². The van der Waals surface area contributed by atoms with Gasteiger partial charge in [-0.25, -0.2) is 4.79 Å². The molecule has 0 aliphatic carbocycles. The molecule has 1 amide bonds. The monoisotopic (exact) mass is 338 g/mol. The standard InChI is InChI=1S/C6H13BrN2O2.C2HF3O2/c7-5-6(10)9-2-4-11-3-1-8;3-2(4,5)1(6)7/h1-5,8H2,(H,9,10);(H,6,7). The van der Waals surface area contributed by atoms with Gasteiger partial charge in [0.05, 0.1) is 18.5 Å². The van der Waals surface area contributed by atoms with Gasteiger partial charge >= 0.3 is 12.1 Å². The van der Waals surface area contributed by atoms with Crippen molar-refractivity contribution >= 4 is 27.8 Å². The number of carboxylic acid groups (broad SMARTS) is 1. The Kier molecular flexibility index (Phi) is 12.2. The molecule has 108 valence electrons. The van der Waals surface area contributed by atoms with Crippen molar-refractivity contribution in [3.05, 3.63) is 0 Å². The molecule has 4 N–H and O–H groups in total. The van der Waals surface area contributed by atoms with Crippen molar-refractivity contribution in [2.75, 3.05) is 31.6 Å². The summed E-state index contributed by atoms with van der Waals surface area (Å²) in [5.41, 5.74) is 5.18. The normalized spacial score (nSPS) is 10.3. The molecule has 0 saturated carbocycles. The van der Waals surface area contributed by atoms with E-state index >= 15 is 0 Å². The molecule has 0 heterocycles. The van der Waals surface area contributed by atoms with Crippen molar-refractivity contribution in [3.8, 4) is 0 Å². The van der Waals surface area contributed by atoms with Crippen LogP contribution in [0.1, 0.15) is 0 Å². The molecule has 0 bridgehead atoms. The predicted octanol–water partition coefficient (Wildman–Crippen LogP) is 0.106. The average molecular weight is 339 g/mol. The van der Waals surface area contributed by atoms with E-state index in [1.807, 2.05) is 0 Å². The van der Waals surface area contributed by atoms with E-state index in [4.69, 9.17) is 20.4 Å². The SMILES string of the molecule is NCCOCCNC(=O)CBr.O=C(O)C(F)(F)F. The second-order valence-corrected chi connectivity index (χ2v) is 3.25. The second kappa shape index (κ2) is 11.2. The topological polar surface area (TPSA) is 102 Å². The summed E-state index contributed by atoms with van der Waals surface area (Å²) in [5, 5.41) is 10.1. The number of hydrogen-bond acceptors (Lipinski definition) is 4. The summed E-state index contributed by atoms with van der Waals surface area (Å²) >= 11 is 3.02. The van der Waals surface area contributed by atoms with Crippen molar-refractivity contribution < 1.29 is 32.6 Å². The minimum absolute atomic E-state index is 0.0265. The van der Waals surface area contributed by atoms with E-state index in [0.29, 0.717) is 31.6 Å². The molecule has 0 unspecified atom stereocenters. The third kappa shape index (κ3) is 15.1. The zero-order valence-electron chi connectivity index (χ0n) is 9.30. The van der Waals surface area contributed by atoms with Gasteiger partial charge in [0.2, 0.25) is 5.91 Å². The number of carbonyl (C=O) groups is 2. The van der Waals surface area contributed by atoms with Gasteiger partial charge in [0.25, 0.3) is 0 Å². The van der Waals surface area contributed by atoms with Crippen LogP contribution in [0.2, 0.25) is 0 Å². The lowest BCUT2D eigenvalue weighted by molar-refractivity contribution is -0.192. The summed E-state index contributed by atoms with van der Waals surface area (Å²) < 4.78 is 36.8. The maximum absolute atomic E-state index is 10.6. The van der Waals surface area contributed by atoms with E-state index < -0.39 is 12.1 Å².